The predicted molar refractivity (Wildman–Crippen MR) is 67.2 cm³/mol. The van der Waals surface area contributed by atoms with Crippen molar-refractivity contribution in [2.75, 3.05) is 6.54 Å². The van der Waals surface area contributed by atoms with E-state index >= 15 is 0 Å². The van der Waals surface area contributed by atoms with Gasteiger partial charge in [0.1, 0.15) is 0 Å². The average Bonchev–Trinajstić information content (AvgIpc) is 2.41. The third kappa shape index (κ3) is 2.17. The van der Waals surface area contributed by atoms with Crippen molar-refractivity contribution in [1.82, 2.24) is 20.1 Å². The molecule has 92 valence electrons. The number of nitrogens with one attached hydrogen (secondary N) is 1. The van der Waals surface area contributed by atoms with Crippen LogP contribution in [0.4, 0.5) is 0 Å². The third-order valence-corrected chi connectivity index (χ3v) is 3.07. The van der Waals surface area contributed by atoms with Crippen molar-refractivity contribution in [2.24, 2.45) is 0 Å². The van der Waals surface area contributed by atoms with Gasteiger partial charge in [0.15, 0.2) is 0 Å². The van der Waals surface area contributed by atoms with Crippen LogP contribution in [0.1, 0.15) is 16.8 Å². The van der Waals surface area contributed by atoms with Gasteiger partial charge in [-0.3, -0.25) is 9.78 Å². The Morgan fingerprint density at radius 2 is 2.39 bits per heavy atom. The van der Waals surface area contributed by atoms with Crippen molar-refractivity contribution >= 4 is 0 Å². The maximum atomic E-state index is 11.9. The Kier molecular flexibility index (Phi) is 2.90. The minimum absolute atomic E-state index is 0.0543. The van der Waals surface area contributed by atoms with Gasteiger partial charge in [-0.1, -0.05) is 6.07 Å². The van der Waals surface area contributed by atoms with Gasteiger partial charge in [-0.05, 0) is 17.2 Å². The van der Waals surface area contributed by atoms with Crippen LogP contribution in [0.2, 0.25) is 0 Å². The third-order valence-electron chi connectivity index (χ3n) is 3.07. The number of pyridine rings is 1. The van der Waals surface area contributed by atoms with Gasteiger partial charge < -0.3 is 5.32 Å². The summed E-state index contributed by atoms with van der Waals surface area (Å²) in [6.45, 7) is 2.14. The Labute approximate surface area is 104 Å². The molecule has 0 spiro atoms. The van der Waals surface area contributed by atoms with E-state index in [1.54, 1.807) is 18.5 Å². The van der Waals surface area contributed by atoms with Crippen LogP contribution in [0.5, 0.6) is 0 Å². The number of nitrogens with zero attached hydrogens (tertiary/aromatic N) is 3. The molecule has 5 heteroatoms. The Morgan fingerprint density at radius 1 is 1.44 bits per heavy atom. The van der Waals surface area contributed by atoms with Gasteiger partial charge in [0.05, 0.1) is 12.2 Å². The quantitative estimate of drug-likeness (QED) is 0.824. The van der Waals surface area contributed by atoms with E-state index in [9.17, 15) is 4.79 Å². The van der Waals surface area contributed by atoms with E-state index in [1.807, 2.05) is 12.1 Å². The molecular formula is C13H14N4O. The summed E-state index contributed by atoms with van der Waals surface area (Å²) in [7, 11) is 0. The molecule has 1 aliphatic heterocycles. The minimum atomic E-state index is -0.0543. The Hall–Kier alpha value is -2.01. The monoisotopic (exact) mass is 242 g/mol. The average molecular weight is 242 g/mol. The van der Waals surface area contributed by atoms with Gasteiger partial charge >= 0.3 is 0 Å². The van der Waals surface area contributed by atoms with Crippen molar-refractivity contribution < 1.29 is 0 Å². The maximum absolute atomic E-state index is 11.9. The number of rotatable bonds is 2. The number of hydrogen-bond donors (Lipinski definition) is 1. The van der Waals surface area contributed by atoms with Gasteiger partial charge in [-0.2, -0.15) is 5.10 Å². The van der Waals surface area contributed by atoms with Crippen molar-refractivity contribution in [3.63, 3.8) is 0 Å². The molecule has 0 fully saturated rings. The highest BCUT2D eigenvalue weighted by molar-refractivity contribution is 5.20. The van der Waals surface area contributed by atoms with Crippen LogP contribution in [0.25, 0.3) is 0 Å². The summed E-state index contributed by atoms with van der Waals surface area (Å²) in [6, 6.07) is 5.50. The number of aromatic nitrogens is 3. The summed E-state index contributed by atoms with van der Waals surface area (Å²) in [4.78, 5) is 16.0. The molecule has 0 saturated heterocycles. The van der Waals surface area contributed by atoms with Gasteiger partial charge in [-0.15, -0.1) is 0 Å². The van der Waals surface area contributed by atoms with Crippen LogP contribution >= 0.6 is 0 Å². The van der Waals surface area contributed by atoms with Crippen molar-refractivity contribution in [3.8, 4) is 0 Å². The summed E-state index contributed by atoms with van der Waals surface area (Å²) in [5.74, 6) is 0. The topological polar surface area (TPSA) is 59.8 Å². The van der Waals surface area contributed by atoms with Gasteiger partial charge in [-0.25, -0.2) is 4.68 Å². The lowest BCUT2D eigenvalue weighted by Gasteiger charge is -2.16. The van der Waals surface area contributed by atoms with Gasteiger partial charge in [0.25, 0.3) is 5.56 Å². The van der Waals surface area contributed by atoms with E-state index in [0.717, 1.165) is 36.3 Å². The predicted octanol–water partition coefficient (Wildman–Crippen LogP) is 0.332. The van der Waals surface area contributed by atoms with E-state index in [0.29, 0.717) is 6.54 Å². The second kappa shape index (κ2) is 4.70. The Bertz CT molecular complexity index is 606. The van der Waals surface area contributed by atoms with Gasteiger partial charge in [0.2, 0.25) is 0 Å². The second-order valence-corrected chi connectivity index (χ2v) is 4.40. The fraction of sp³-hybridized carbons (Fsp3) is 0.308. The van der Waals surface area contributed by atoms with E-state index < -0.39 is 0 Å². The molecule has 1 aliphatic rings. The van der Waals surface area contributed by atoms with Gasteiger partial charge in [0, 0.05) is 38.0 Å². The Morgan fingerprint density at radius 3 is 3.22 bits per heavy atom. The first-order chi connectivity index (χ1) is 8.83. The fourth-order valence-corrected chi connectivity index (χ4v) is 2.14. The first-order valence-electron chi connectivity index (χ1n) is 6.02. The van der Waals surface area contributed by atoms with Crippen molar-refractivity contribution in [3.05, 3.63) is 57.8 Å². The zero-order chi connectivity index (χ0) is 12.4. The summed E-state index contributed by atoms with van der Waals surface area (Å²) < 4.78 is 1.52. The number of fused-ring (bicyclic) bond motifs is 1. The Balaban J connectivity index is 1.95. The molecule has 0 radical (unpaired) electrons. The summed E-state index contributed by atoms with van der Waals surface area (Å²) >= 11 is 0. The van der Waals surface area contributed by atoms with Crippen LogP contribution in [0, 0.1) is 0 Å². The zero-order valence-electron chi connectivity index (χ0n) is 9.97. The molecule has 0 saturated carbocycles. The fourth-order valence-electron chi connectivity index (χ4n) is 2.14. The first-order valence-corrected chi connectivity index (χ1v) is 6.02. The molecule has 0 bridgehead atoms. The highest BCUT2D eigenvalue weighted by Gasteiger charge is 2.12. The van der Waals surface area contributed by atoms with Crippen molar-refractivity contribution in [2.45, 2.75) is 19.5 Å². The van der Waals surface area contributed by atoms with Crippen LogP contribution in [-0.4, -0.2) is 21.3 Å². The summed E-state index contributed by atoms with van der Waals surface area (Å²) in [5.41, 5.74) is 2.98. The van der Waals surface area contributed by atoms with Crippen LogP contribution in [-0.2, 0) is 19.5 Å². The molecular weight excluding hydrogens is 228 g/mol. The first kappa shape index (κ1) is 11.1. The summed E-state index contributed by atoms with van der Waals surface area (Å²) in [5, 5.41) is 7.68. The molecule has 0 aromatic carbocycles. The largest absolute Gasteiger partial charge is 0.312 e. The molecule has 0 aliphatic carbocycles. The standard InChI is InChI=1S/C13H14N4O/c18-13-6-11-8-15-5-3-12(11)16-17(13)9-10-2-1-4-14-7-10/h1-2,4,6-7,15H,3,5,8-9H2. The molecule has 5 nitrogen and oxygen atoms in total. The summed E-state index contributed by atoms with van der Waals surface area (Å²) in [6.07, 6.45) is 4.36. The molecule has 3 heterocycles. The number of hydrogen-bond acceptors (Lipinski definition) is 4. The van der Waals surface area contributed by atoms with Crippen LogP contribution < -0.4 is 10.9 Å². The highest BCUT2D eigenvalue weighted by atomic mass is 16.1. The zero-order valence-corrected chi connectivity index (χ0v) is 9.97. The highest BCUT2D eigenvalue weighted by Crippen LogP contribution is 2.08. The molecule has 0 unspecified atom stereocenters. The minimum Gasteiger partial charge on any atom is -0.312 e. The molecule has 18 heavy (non-hydrogen) atoms. The van der Waals surface area contributed by atoms with E-state index in [2.05, 4.69) is 15.4 Å². The van der Waals surface area contributed by atoms with Crippen LogP contribution in [0.3, 0.4) is 0 Å². The molecule has 2 aromatic heterocycles. The lowest BCUT2D eigenvalue weighted by atomic mass is 10.1. The molecule has 2 aromatic rings. The van der Waals surface area contributed by atoms with Crippen LogP contribution in [0.15, 0.2) is 35.4 Å². The maximum Gasteiger partial charge on any atom is 0.267 e. The molecule has 1 N–H and O–H groups in total. The normalized spacial score (nSPS) is 14.2. The molecule has 0 atom stereocenters. The smallest absolute Gasteiger partial charge is 0.267 e. The second-order valence-electron chi connectivity index (χ2n) is 4.40. The molecule has 0 amide bonds. The van der Waals surface area contributed by atoms with Crippen molar-refractivity contribution in [1.29, 1.82) is 0 Å². The lowest BCUT2D eigenvalue weighted by Crippen LogP contribution is -2.31. The lowest BCUT2D eigenvalue weighted by molar-refractivity contribution is 0.562. The van der Waals surface area contributed by atoms with E-state index in [1.165, 1.54) is 4.68 Å². The SMILES string of the molecule is O=c1cc2c(nn1Cc1cccnc1)CCNC2. The molecule has 3 rings (SSSR count). The van der Waals surface area contributed by atoms with E-state index in [4.69, 9.17) is 0 Å². The van der Waals surface area contributed by atoms with E-state index in [-0.39, 0.29) is 5.56 Å².